The molecule has 2 aromatic carbocycles. The molecule has 1 heterocycles. The van der Waals surface area contributed by atoms with E-state index >= 15 is 0 Å². The lowest BCUT2D eigenvalue weighted by molar-refractivity contribution is -0.119. The summed E-state index contributed by atoms with van der Waals surface area (Å²) in [7, 11) is 6.31. The summed E-state index contributed by atoms with van der Waals surface area (Å²) in [6, 6.07) is 11.1. The maximum atomic E-state index is 12.2. The van der Waals surface area contributed by atoms with Crippen LogP contribution in [0.3, 0.4) is 0 Å². The highest BCUT2D eigenvalue weighted by molar-refractivity contribution is 7.99. The second kappa shape index (κ2) is 12.3. The molecule has 1 N–H and O–H groups in total. The second-order valence-electron chi connectivity index (χ2n) is 7.60. The maximum Gasteiger partial charge on any atom is 0.230 e. The van der Waals surface area contributed by atoms with Crippen LogP contribution in [0.2, 0.25) is 0 Å². The zero-order valence-corrected chi connectivity index (χ0v) is 21.6. The number of carbonyl (C=O) groups excluding carboxylic acids is 1. The lowest BCUT2D eigenvalue weighted by Gasteiger charge is -2.14. The molecule has 0 aliphatic carbocycles. The smallest absolute Gasteiger partial charge is 0.230 e. The van der Waals surface area contributed by atoms with Gasteiger partial charge in [-0.25, -0.2) is 4.98 Å². The minimum Gasteiger partial charge on any atom is -0.493 e. The first-order valence-electron chi connectivity index (χ1n) is 11.1. The molecule has 0 bridgehead atoms. The van der Waals surface area contributed by atoms with E-state index in [1.807, 2.05) is 38.1 Å². The van der Waals surface area contributed by atoms with E-state index in [4.69, 9.17) is 23.9 Å². The van der Waals surface area contributed by atoms with E-state index < -0.39 is 0 Å². The van der Waals surface area contributed by atoms with Crippen molar-refractivity contribution in [2.24, 2.45) is 0 Å². The van der Waals surface area contributed by atoms with Gasteiger partial charge < -0.3 is 24.3 Å². The van der Waals surface area contributed by atoms with Crippen LogP contribution in [0.1, 0.15) is 20.3 Å². The van der Waals surface area contributed by atoms with Crippen LogP contribution in [0.5, 0.6) is 23.0 Å². The Morgan fingerprint density at radius 3 is 1.91 bits per heavy atom. The molecule has 0 spiro atoms. The van der Waals surface area contributed by atoms with Gasteiger partial charge >= 0.3 is 0 Å². The summed E-state index contributed by atoms with van der Waals surface area (Å²) in [4.78, 5) is 17.0. The molecule has 0 fully saturated rings. The normalized spacial score (nSPS) is 11.5. The van der Waals surface area contributed by atoms with Crippen LogP contribution in [0.4, 0.5) is 0 Å². The molecule has 0 saturated carbocycles. The Labute approximate surface area is 209 Å². The Morgan fingerprint density at radius 2 is 1.40 bits per heavy atom. The van der Waals surface area contributed by atoms with Crippen LogP contribution in [0, 0.1) is 0 Å². The zero-order chi connectivity index (χ0) is 25.4. The maximum absolute atomic E-state index is 12.2. The number of amides is 1. The van der Waals surface area contributed by atoms with Gasteiger partial charge in [-0.15, -0.1) is 10.2 Å². The molecule has 3 aromatic rings. The van der Waals surface area contributed by atoms with Crippen LogP contribution in [-0.2, 0) is 4.79 Å². The third-order valence-electron chi connectivity index (χ3n) is 5.33. The number of ether oxygens (including phenoxy) is 4. The molecule has 10 heteroatoms. The molecule has 1 amide bonds. The number of methoxy groups -OCH3 is 4. The Morgan fingerprint density at radius 1 is 0.857 bits per heavy atom. The van der Waals surface area contributed by atoms with E-state index in [0.29, 0.717) is 39.5 Å². The van der Waals surface area contributed by atoms with Crippen LogP contribution >= 0.6 is 11.8 Å². The standard InChI is InChI=1S/C25H30N4O5S/c1-7-15(2)26-22(30)14-35-25-27-23(16-8-10-18(31-3)20(12-16)33-5)24(28-29-25)17-9-11-19(32-4)21(13-17)34-6/h8-13,15H,7,14H2,1-6H3,(H,26,30)/t15-/m0/s1. The molecule has 35 heavy (non-hydrogen) atoms. The van der Waals surface area contributed by atoms with E-state index in [-0.39, 0.29) is 17.7 Å². The fourth-order valence-corrected chi connectivity index (χ4v) is 3.88. The van der Waals surface area contributed by atoms with Crippen molar-refractivity contribution in [3.05, 3.63) is 36.4 Å². The highest BCUT2D eigenvalue weighted by Crippen LogP contribution is 2.38. The molecule has 3 rings (SSSR count). The van der Waals surface area contributed by atoms with Gasteiger partial charge in [-0.2, -0.15) is 0 Å². The van der Waals surface area contributed by atoms with Crippen molar-refractivity contribution < 1.29 is 23.7 Å². The molecule has 0 unspecified atom stereocenters. The Bertz CT molecular complexity index is 1170. The summed E-state index contributed by atoms with van der Waals surface area (Å²) in [5.41, 5.74) is 2.64. The first-order valence-corrected chi connectivity index (χ1v) is 12.0. The van der Waals surface area contributed by atoms with Gasteiger partial charge in [0.1, 0.15) is 11.4 Å². The third-order valence-corrected chi connectivity index (χ3v) is 6.17. The van der Waals surface area contributed by atoms with Crippen molar-refractivity contribution in [3.63, 3.8) is 0 Å². The van der Waals surface area contributed by atoms with E-state index in [0.717, 1.165) is 17.5 Å². The lowest BCUT2D eigenvalue weighted by atomic mass is 10.0. The summed E-state index contributed by atoms with van der Waals surface area (Å²) in [6.45, 7) is 3.99. The topological polar surface area (TPSA) is 105 Å². The molecule has 9 nitrogen and oxygen atoms in total. The predicted molar refractivity (Wildman–Crippen MR) is 136 cm³/mol. The largest absolute Gasteiger partial charge is 0.493 e. The van der Waals surface area contributed by atoms with Crippen molar-refractivity contribution in [3.8, 4) is 45.5 Å². The van der Waals surface area contributed by atoms with Gasteiger partial charge in [-0.1, -0.05) is 18.7 Å². The number of benzene rings is 2. The molecule has 0 aliphatic heterocycles. The molecule has 1 aromatic heterocycles. The van der Waals surface area contributed by atoms with Crippen molar-refractivity contribution in [2.75, 3.05) is 34.2 Å². The number of carbonyl (C=O) groups is 1. The second-order valence-corrected chi connectivity index (χ2v) is 8.54. The van der Waals surface area contributed by atoms with Gasteiger partial charge in [0.15, 0.2) is 23.0 Å². The summed E-state index contributed by atoms with van der Waals surface area (Å²) in [5.74, 6) is 2.43. The first-order chi connectivity index (χ1) is 16.9. The summed E-state index contributed by atoms with van der Waals surface area (Å²) >= 11 is 1.23. The van der Waals surface area contributed by atoms with E-state index in [9.17, 15) is 4.79 Å². The highest BCUT2D eigenvalue weighted by Gasteiger charge is 2.18. The molecule has 1 atom stereocenters. The van der Waals surface area contributed by atoms with Crippen LogP contribution in [0.15, 0.2) is 41.6 Å². The molecule has 0 aliphatic rings. The minimum absolute atomic E-state index is 0.0791. The summed E-state index contributed by atoms with van der Waals surface area (Å²) in [6.07, 6.45) is 0.859. The molecule has 186 valence electrons. The third kappa shape index (κ3) is 6.33. The van der Waals surface area contributed by atoms with Gasteiger partial charge in [0.2, 0.25) is 11.1 Å². The Kier molecular flexibility index (Phi) is 9.13. The number of hydrogen-bond donors (Lipinski definition) is 1. The van der Waals surface area contributed by atoms with Crippen LogP contribution in [-0.4, -0.2) is 61.3 Å². The predicted octanol–water partition coefficient (Wildman–Crippen LogP) is 4.25. The lowest BCUT2D eigenvalue weighted by Crippen LogP contribution is -2.33. The van der Waals surface area contributed by atoms with Crippen molar-refractivity contribution in [1.82, 2.24) is 20.5 Å². The van der Waals surface area contributed by atoms with Crippen molar-refractivity contribution in [2.45, 2.75) is 31.5 Å². The van der Waals surface area contributed by atoms with Gasteiger partial charge in [0, 0.05) is 17.2 Å². The number of nitrogens with one attached hydrogen (secondary N) is 1. The number of nitrogens with zero attached hydrogens (tertiary/aromatic N) is 3. The molecule has 0 radical (unpaired) electrons. The van der Waals surface area contributed by atoms with Gasteiger partial charge in [-0.05, 0) is 49.7 Å². The monoisotopic (exact) mass is 498 g/mol. The average Bonchev–Trinajstić information content (AvgIpc) is 2.90. The van der Waals surface area contributed by atoms with E-state index in [1.54, 1.807) is 40.6 Å². The molecule has 0 saturated heterocycles. The van der Waals surface area contributed by atoms with Crippen LogP contribution < -0.4 is 24.3 Å². The number of rotatable bonds is 11. The Hall–Kier alpha value is -3.53. The number of aromatic nitrogens is 3. The van der Waals surface area contributed by atoms with Gasteiger partial charge in [-0.3, -0.25) is 4.79 Å². The fraction of sp³-hybridized carbons (Fsp3) is 0.360. The molecular formula is C25H30N4O5S. The number of hydrogen-bond acceptors (Lipinski definition) is 9. The summed E-state index contributed by atoms with van der Waals surface area (Å²) < 4.78 is 21.7. The first kappa shape index (κ1) is 26.1. The zero-order valence-electron chi connectivity index (χ0n) is 20.7. The van der Waals surface area contributed by atoms with Crippen molar-refractivity contribution >= 4 is 17.7 Å². The van der Waals surface area contributed by atoms with E-state index in [2.05, 4.69) is 15.5 Å². The van der Waals surface area contributed by atoms with Gasteiger partial charge in [0.25, 0.3) is 0 Å². The highest BCUT2D eigenvalue weighted by atomic mass is 32.2. The van der Waals surface area contributed by atoms with Gasteiger partial charge in [0.05, 0.1) is 34.2 Å². The van der Waals surface area contributed by atoms with Crippen LogP contribution in [0.25, 0.3) is 22.5 Å². The SMILES string of the molecule is CC[C@H](C)NC(=O)CSc1nnc(-c2ccc(OC)c(OC)c2)c(-c2ccc(OC)c(OC)c2)n1. The van der Waals surface area contributed by atoms with E-state index in [1.165, 1.54) is 11.8 Å². The minimum atomic E-state index is -0.0791. The number of thioether (sulfide) groups is 1. The van der Waals surface area contributed by atoms with Crippen molar-refractivity contribution in [1.29, 1.82) is 0 Å². The molecular weight excluding hydrogens is 468 g/mol. The average molecular weight is 499 g/mol. The Balaban J connectivity index is 2.04. The quantitative estimate of drug-likeness (QED) is 0.389. The fourth-order valence-electron chi connectivity index (χ4n) is 3.28. The summed E-state index contributed by atoms with van der Waals surface area (Å²) in [5, 5.41) is 12.1.